The van der Waals surface area contributed by atoms with Crippen molar-refractivity contribution in [2.24, 2.45) is 0 Å². The Hall–Kier alpha value is -1.16. The van der Waals surface area contributed by atoms with Crippen LogP contribution in [0.15, 0.2) is 12.3 Å². The summed E-state index contributed by atoms with van der Waals surface area (Å²) in [6, 6.07) is 1.41. The minimum absolute atomic E-state index is 0.147. The Morgan fingerprint density at radius 2 is 2.19 bits per heavy atom. The van der Waals surface area contributed by atoms with Crippen LogP contribution in [0.25, 0.3) is 0 Å². The highest BCUT2D eigenvalue weighted by Crippen LogP contribution is 2.17. The van der Waals surface area contributed by atoms with Crippen LogP contribution in [0, 0.1) is 5.82 Å². The van der Waals surface area contributed by atoms with Gasteiger partial charge in [0.1, 0.15) is 5.60 Å². The number of halogens is 2. The molecule has 0 amide bonds. The van der Waals surface area contributed by atoms with Crippen LogP contribution in [-0.2, 0) is 16.0 Å². The molecule has 1 aromatic heterocycles. The second kappa shape index (κ2) is 4.78. The van der Waals surface area contributed by atoms with Crippen LogP contribution in [0.2, 0.25) is 5.15 Å². The smallest absolute Gasteiger partial charge is 0.310 e. The molecular formula is C11H13ClFNO2. The molecule has 16 heavy (non-hydrogen) atoms. The largest absolute Gasteiger partial charge is 0.460 e. The van der Waals surface area contributed by atoms with Gasteiger partial charge in [-0.1, -0.05) is 11.6 Å². The van der Waals surface area contributed by atoms with Gasteiger partial charge in [-0.25, -0.2) is 9.37 Å². The van der Waals surface area contributed by atoms with E-state index in [1.807, 2.05) is 0 Å². The third-order valence-corrected chi connectivity index (χ3v) is 1.94. The highest BCUT2D eigenvalue weighted by Gasteiger charge is 2.18. The van der Waals surface area contributed by atoms with E-state index in [9.17, 15) is 9.18 Å². The van der Waals surface area contributed by atoms with Crippen molar-refractivity contribution in [3.63, 3.8) is 0 Å². The van der Waals surface area contributed by atoms with E-state index in [4.69, 9.17) is 16.3 Å². The van der Waals surface area contributed by atoms with Crippen molar-refractivity contribution in [1.82, 2.24) is 4.98 Å². The van der Waals surface area contributed by atoms with E-state index in [0.717, 1.165) is 0 Å². The van der Waals surface area contributed by atoms with Gasteiger partial charge in [-0.15, -0.1) is 0 Å². The number of hydrogen-bond acceptors (Lipinski definition) is 3. The molecule has 0 atom stereocenters. The van der Waals surface area contributed by atoms with Crippen molar-refractivity contribution in [3.8, 4) is 0 Å². The zero-order valence-corrected chi connectivity index (χ0v) is 10.1. The summed E-state index contributed by atoms with van der Waals surface area (Å²) in [6.45, 7) is 5.25. The highest BCUT2D eigenvalue weighted by molar-refractivity contribution is 6.29. The molecule has 0 unspecified atom stereocenters. The topological polar surface area (TPSA) is 39.2 Å². The number of aromatic nitrogens is 1. The molecule has 88 valence electrons. The van der Waals surface area contributed by atoms with Gasteiger partial charge in [0.25, 0.3) is 0 Å². The van der Waals surface area contributed by atoms with Crippen LogP contribution in [0.4, 0.5) is 4.39 Å². The number of hydrogen-bond donors (Lipinski definition) is 0. The molecule has 0 aliphatic rings. The number of esters is 1. The number of carbonyl (C=O) groups excluding carboxylic acids is 1. The Kier molecular flexibility index (Phi) is 3.86. The van der Waals surface area contributed by atoms with Crippen molar-refractivity contribution in [2.75, 3.05) is 0 Å². The molecular weight excluding hydrogens is 233 g/mol. The van der Waals surface area contributed by atoms with Crippen molar-refractivity contribution < 1.29 is 13.9 Å². The Bertz CT molecular complexity index is 401. The molecule has 0 aromatic carbocycles. The summed E-state index contributed by atoms with van der Waals surface area (Å²) < 4.78 is 18.5. The first kappa shape index (κ1) is 12.9. The lowest BCUT2D eigenvalue weighted by Gasteiger charge is -2.19. The fourth-order valence-corrected chi connectivity index (χ4v) is 1.30. The maximum Gasteiger partial charge on any atom is 0.310 e. The van der Waals surface area contributed by atoms with Crippen molar-refractivity contribution in [2.45, 2.75) is 32.8 Å². The first-order valence-corrected chi connectivity index (χ1v) is 5.18. The Labute approximate surface area is 98.6 Å². The number of nitrogens with zero attached hydrogens (tertiary/aromatic N) is 1. The van der Waals surface area contributed by atoms with Crippen LogP contribution in [0.1, 0.15) is 26.3 Å². The van der Waals surface area contributed by atoms with Crippen molar-refractivity contribution >= 4 is 17.6 Å². The first-order valence-electron chi connectivity index (χ1n) is 4.80. The monoisotopic (exact) mass is 245 g/mol. The summed E-state index contributed by atoms with van der Waals surface area (Å²) in [5.41, 5.74) is -0.390. The second-order valence-electron chi connectivity index (χ2n) is 4.34. The van der Waals surface area contributed by atoms with Gasteiger partial charge in [-0.05, 0) is 26.8 Å². The molecule has 0 N–H and O–H groups in total. The minimum atomic E-state index is -0.671. The summed E-state index contributed by atoms with van der Waals surface area (Å²) in [6.07, 6.45) is 1.20. The van der Waals surface area contributed by atoms with Gasteiger partial charge in [-0.2, -0.15) is 0 Å². The third-order valence-electron chi connectivity index (χ3n) is 1.68. The molecule has 0 aliphatic heterocycles. The van der Waals surface area contributed by atoms with E-state index >= 15 is 0 Å². The van der Waals surface area contributed by atoms with Gasteiger partial charge in [0.2, 0.25) is 0 Å². The Balaban J connectivity index is 2.74. The molecule has 3 nitrogen and oxygen atoms in total. The molecule has 0 radical (unpaired) electrons. The number of ether oxygens (including phenoxy) is 1. The fourth-order valence-electron chi connectivity index (χ4n) is 1.12. The maximum absolute atomic E-state index is 13.4. The summed E-state index contributed by atoms with van der Waals surface area (Å²) in [4.78, 5) is 15.0. The zero-order valence-electron chi connectivity index (χ0n) is 9.38. The van der Waals surface area contributed by atoms with E-state index < -0.39 is 17.4 Å². The zero-order chi connectivity index (χ0) is 12.3. The molecule has 1 rings (SSSR count). The van der Waals surface area contributed by atoms with Gasteiger partial charge in [0.15, 0.2) is 11.0 Å². The summed E-state index contributed by atoms with van der Waals surface area (Å²) in [5, 5.41) is -0.235. The Morgan fingerprint density at radius 3 is 2.75 bits per heavy atom. The SMILES string of the molecule is CC(C)(C)OC(=O)Cc1ccnc(Cl)c1F. The molecule has 0 fully saturated rings. The molecule has 0 aliphatic carbocycles. The van der Waals surface area contributed by atoms with E-state index in [-0.39, 0.29) is 17.1 Å². The molecule has 0 bridgehead atoms. The lowest BCUT2D eigenvalue weighted by Crippen LogP contribution is -2.25. The summed E-state index contributed by atoms with van der Waals surface area (Å²) in [5.74, 6) is -1.16. The fraction of sp³-hybridized carbons (Fsp3) is 0.455. The normalized spacial score (nSPS) is 11.3. The van der Waals surface area contributed by atoms with Crippen LogP contribution >= 0.6 is 11.6 Å². The average molecular weight is 246 g/mol. The average Bonchev–Trinajstić information content (AvgIpc) is 2.09. The standard InChI is InChI=1S/C11H13ClFNO2/c1-11(2,3)16-8(15)6-7-4-5-14-10(12)9(7)13/h4-5H,6H2,1-3H3. The lowest BCUT2D eigenvalue weighted by molar-refractivity contribution is -0.153. The van der Waals surface area contributed by atoms with Gasteiger partial charge in [0.05, 0.1) is 6.42 Å². The first-order chi connectivity index (χ1) is 7.29. The van der Waals surface area contributed by atoms with Gasteiger partial charge in [0, 0.05) is 11.8 Å². The van der Waals surface area contributed by atoms with E-state index in [1.165, 1.54) is 12.3 Å². The van der Waals surface area contributed by atoms with Crippen LogP contribution in [0.3, 0.4) is 0 Å². The van der Waals surface area contributed by atoms with Crippen molar-refractivity contribution in [3.05, 3.63) is 28.8 Å². The van der Waals surface area contributed by atoms with Gasteiger partial charge in [-0.3, -0.25) is 4.79 Å². The van der Waals surface area contributed by atoms with Gasteiger partial charge >= 0.3 is 5.97 Å². The van der Waals surface area contributed by atoms with Crippen LogP contribution < -0.4 is 0 Å². The van der Waals surface area contributed by atoms with E-state index in [1.54, 1.807) is 20.8 Å². The second-order valence-corrected chi connectivity index (χ2v) is 4.70. The van der Waals surface area contributed by atoms with E-state index in [0.29, 0.717) is 0 Å². The molecule has 0 spiro atoms. The minimum Gasteiger partial charge on any atom is -0.460 e. The lowest BCUT2D eigenvalue weighted by atomic mass is 10.1. The predicted octanol–water partition coefficient (Wildman–Crippen LogP) is 2.76. The molecule has 1 heterocycles. The highest BCUT2D eigenvalue weighted by atomic mass is 35.5. The number of pyridine rings is 1. The maximum atomic E-state index is 13.4. The van der Waals surface area contributed by atoms with E-state index in [2.05, 4.69) is 4.98 Å². The molecule has 0 saturated heterocycles. The quantitative estimate of drug-likeness (QED) is 0.594. The number of carbonyl (C=O) groups is 1. The van der Waals surface area contributed by atoms with Crippen LogP contribution in [-0.4, -0.2) is 16.6 Å². The number of rotatable bonds is 2. The van der Waals surface area contributed by atoms with Gasteiger partial charge < -0.3 is 4.74 Å². The summed E-state index contributed by atoms with van der Waals surface area (Å²) in [7, 11) is 0. The molecule has 0 saturated carbocycles. The summed E-state index contributed by atoms with van der Waals surface area (Å²) >= 11 is 5.49. The van der Waals surface area contributed by atoms with Crippen LogP contribution in [0.5, 0.6) is 0 Å². The molecule has 1 aromatic rings. The van der Waals surface area contributed by atoms with Crippen molar-refractivity contribution in [1.29, 1.82) is 0 Å². The predicted molar refractivity (Wildman–Crippen MR) is 58.8 cm³/mol. The molecule has 5 heteroatoms. The Morgan fingerprint density at radius 1 is 1.56 bits per heavy atom. The third kappa shape index (κ3) is 3.77.